The number of rotatable bonds is 12. The first-order valence-electron chi connectivity index (χ1n) is 17.3. The number of aliphatic hydroxyl groups excluding tert-OH is 2. The smallest absolute Gasteiger partial charge is 0.303 e. The van der Waals surface area contributed by atoms with Gasteiger partial charge in [0.1, 0.15) is 5.76 Å². The first-order valence-corrected chi connectivity index (χ1v) is 20.2. The number of nitrogens with zero attached hydrogens (tertiary/aromatic N) is 2. The maximum absolute atomic E-state index is 12.1. The van der Waals surface area contributed by atoms with E-state index >= 15 is 0 Å². The topological polar surface area (TPSA) is 193 Å². The van der Waals surface area contributed by atoms with E-state index in [1.54, 1.807) is 24.3 Å². The second kappa shape index (κ2) is 13.7. The standard InChI is InChI=1S/C39H44N2O10S2/c1-38(2)29-19-25(52(46,47)48)14-16-31(29)40(18-10-6-9-13-35(42)43)33(38)21-27-36(44)28(37(27)45)22-34-39(3,4)30-20-26(53(49,50)51)15-17-32(30)41(34)23-24-11-7-5-8-12-24/h5,7-8,11-12,14-17,19-22,27,36,44-45H,6,9-10,13,18,23H2,1-4H3,(H,42,43)(H,46,47,48)(H,49,50,51)/b33-21+,34-22+. The average Bonchev–Trinajstić information content (AvgIpc) is 3.42. The van der Waals surface area contributed by atoms with Crippen LogP contribution in [0.15, 0.2) is 111 Å². The molecule has 2 atom stereocenters. The SMILES string of the molecule is CC1(C)/C(=C\C2C(O)=C(/C=C3/N(Cc4ccccc4)c4ccc(S(=O)(=O)O)cc4C3(C)C)C2O)N(CCCCCC(=O)O)c2ccc(S(=O)(=O)O)cc21. The molecule has 1 aliphatic carbocycles. The summed E-state index contributed by atoms with van der Waals surface area (Å²) in [6.07, 6.45) is 4.17. The first-order chi connectivity index (χ1) is 24.7. The summed E-state index contributed by atoms with van der Waals surface area (Å²) in [4.78, 5) is 14.6. The van der Waals surface area contributed by atoms with Gasteiger partial charge < -0.3 is 25.1 Å². The fourth-order valence-corrected chi connectivity index (χ4v) is 8.74. The second-order valence-electron chi connectivity index (χ2n) is 14.9. The lowest BCUT2D eigenvalue weighted by Crippen LogP contribution is -2.38. The monoisotopic (exact) mass is 764 g/mol. The molecule has 2 unspecified atom stereocenters. The molecule has 3 aromatic carbocycles. The van der Waals surface area contributed by atoms with Gasteiger partial charge in [-0.25, -0.2) is 0 Å². The summed E-state index contributed by atoms with van der Waals surface area (Å²) in [6.45, 7) is 8.48. The average molecular weight is 765 g/mol. The first kappa shape index (κ1) is 38.3. The fraction of sp³-hybridized carbons (Fsp3) is 0.359. The van der Waals surface area contributed by atoms with E-state index in [4.69, 9.17) is 5.11 Å². The minimum absolute atomic E-state index is 0.0417. The molecule has 0 spiro atoms. The number of aliphatic carboxylic acids is 1. The molecule has 2 aliphatic heterocycles. The van der Waals surface area contributed by atoms with Gasteiger partial charge in [-0.05, 0) is 72.0 Å². The summed E-state index contributed by atoms with van der Waals surface area (Å²) in [6, 6.07) is 18.5. The zero-order valence-electron chi connectivity index (χ0n) is 29.9. The van der Waals surface area contributed by atoms with Crippen LogP contribution >= 0.6 is 0 Å². The molecule has 2 heterocycles. The van der Waals surface area contributed by atoms with Crippen LogP contribution < -0.4 is 9.80 Å². The van der Waals surface area contributed by atoms with Crippen LogP contribution in [0.5, 0.6) is 0 Å². The van der Waals surface area contributed by atoms with E-state index in [-0.39, 0.29) is 27.5 Å². The summed E-state index contributed by atoms with van der Waals surface area (Å²) in [5.41, 5.74) is 3.76. The van der Waals surface area contributed by atoms with Crippen molar-refractivity contribution in [1.29, 1.82) is 0 Å². The summed E-state index contributed by atoms with van der Waals surface area (Å²) in [5, 5.41) is 32.3. The lowest BCUT2D eigenvalue weighted by Gasteiger charge is -2.37. The van der Waals surface area contributed by atoms with Crippen molar-refractivity contribution in [2.45, 2.75) is 86.6 Å². The van der Waals surface area contributed by atoms with E-state index in [1.165, 1.54) is 24.3 Å². The van der Waals surface area contributed by atoms with Gasteiger partial charge in [-0.1, -0.05) is 70.5 Å². The number of aliphatic hydroxyl groups is 2. The van der Waals surface area contributed by atoms with Gasteiger partial charge in [0.05, 0.1) is 21.8 Å². The largest absolute Gasteiger partial charge is 0.511 e. The van der Waals surface area contributed by atoms with Crippen molar-refractivity contribution in [1.82, 2.24) is 0 Å². The van der Waals surface area contributed by atoms with Gasteiger partial charge in [0.15, 0.2) is 0 Å². The van der Waals surface area contributed by atoms with E-state index < -0.39 is 49.1 Å². The molecular weight excluding hydrogens is 721 g/mol. The highest BCUT2D eigenvalue weighted by molar-refractivity contribution is 7.86. The Balaban J connectivity index is 1.39. The van der Waals surface area contributed by atoms with E-state index in [1.807, 2.05) is 67.8 Å². The zero-order valence-corrected chi connectivity index (χ0v) is 31.5. The number of unbranched alkanes of at least 4 members (excludes halogenated alkanes) is 2. The van der Waals surface area contributed by atoms with Crippen LogP contribution in [-0.2, 0) is 42.4 Å². The van der Waals surface area contributed by atoms with Crippen LogP contribution in [0.25, 0.3) is 0 Å². The Morgan fingerprint density at radius 3 is 1.85 bits per heavy atom. The molecule has 0 bridgehead atoms. The van der Waals surface area contributed by atoms with Gasteiger partial charge in [0.25, 0.3) is 20.2 Å². The Kier molecular flexibility index (Phi) is 9.92. The normalized spacial score (nSPS) is 21.9. The number of allylic oxidation sites excluding steroid dienone is 2. The summed E-state index contributed by atoms with van der Waals surface area (Å²) in [7, 11) is -8.97. The van der Waals surface area contributed by atoms with Crippen molar-refractivity contribution in [2.24, 2.45) is 5.92 Å². The van der Waals surface area contributed by atoms with Crippen LogP contribution in [0, 0.1) is 5.92 Å². The van der Waals surface area contributed by atoms with Crippen LogP contribution in [-0.4, -0.2) is 59.9 Å². The molecule has 14 heteroatoms. The number of carbonyl (C=O) groups is 1. The van der Waals surface area contributed by atoms with E-state index in [0.717, 1.165) is 11.3 Å². The number of benzene rings is 3. The Morgan fingerprint density at radius 1 is 0.774 bits per heavy atom. The number of fused-ring (bicyclic) bond motifs is 2. The second-order valence-corrected chi connectivity index (χ2v) is 17.7. The van der Waals surface area contributed by atoms with Crippen LogP contribution in [0.2, 0.25) is 0 Å². The maximum atomic E-state index is 12.1. The van der Waals surface area contributed by atoms with Crippen molar-refractivity contribution >= 4 is 37.6 Å². The molecule has 53 heavy (non-hydrogen) atoms. The molecule has 282 valence electrons. The third kappa shape index (κ3) is 7.13. The van der Waals surface area contributed by atoms with Crippen LogP contribution in [0.1, 0.15) is 70.1 Å². The predicted molar refractivity (Wildman–Crippen MR) is 200 cm³/mol. The van der Waals surface area contributed by atoms with E-state index in [0.29, 0.717) is 60.6 Å². The molecular formula is C39H44N2O10S2. The molecule has 0 fully saturated rings. The summed E-state index contributed by atoms with van der Waals surface area (Å²) >= 11 is 0. The van der Waals surface area contributed by atoms with Gasteiger partial charge in [0, 0.05) is 58.7 Å². The van der Waals surface area contributed by atoms with Crippen molar-refractivity contribution in [3.05, 3.63) is 118 Å². The van der Waals surface area contributed by atoms with Crippen molar-refractivity contribution in [3.63, 3.8) is 0 Å². The van der Waals surface area contributed by atoms with Crippen LogP contribution in [0.3, 0.4) is 0 Å². The summed E-state index contributed by atoms with van der Waals surface area (Å²) < 4.78 is 67.9. The minimum Gasteiger partial charge on any atom is -0.511 e. The van der Waals surface area contributed by atoms with Gasteiger partial charge >= 0.3 is 5.97 Å². The third-order valence-electron chi connectivity index (χ3n) is 10.7. The highest BCUT2D eigenvalue weighted by atomic mass is 32.2. The number of carboxylic acids is 1. The molecule has 0 radical (unpaired) electrons. The molecule has 5 N–H and O–H groups in total. The lowest BCUT2D eigenvalue weighted by atomic mass is 9.75. The van der Waals surface area contributed by atoms with Crippen molar-refractivity contribution in [3.8, 4) is 0 Å². The Bertz CT molecular complexity index is 2280. The number of carboxylic acid groups (broad SMARTS) is 1. The Hall–Kier alpha value is -4.47. The van der Waals surface area contributed by atoms with Crippen molar-refractivity contribution < 1.29 is 46.1 Å². The molecule has 0 amide bonds. The lowest BCUT2D eigenvalue weighted by molar-refractivity contribution is -0.137. The zero-order chi connectivity index (χ0) is 38.7. The van der Waals surface area contributed by atoms with Gasteiger partial charge in [0.2, 0.25) is 0 Å². The Morgan fingerprint density at radius 2 is 1.32 bits per heavy atom. The minimum atomic E-state index is -4.49. The summed E-state index contributed by atoms with van der Waals surface area (Å²) in [5.74, 6) is -1.75. The van der Waals surface area contributed by atoms with Crippen molar-refractivity contribution in [2.75, 3.05) is 16.3 Å². The maximum Gasteiger partial charge on any atom is 0.303 e. The predicted octanol–water partition coefficient (Wildman–Crippen LogP) is 6.49. The van der Waals surface area contributed by atoms with Crippen LogP contribution in [0.4, 0.5) is 11.4 Å². The molecule has 3 aromatic rings. The van der Waals surface area contributed by atoms with E-state index in [2.05, 4.69) is 0 Å². The highest BCUT2D eigenvalue weighted by Crippen LogP contribution is 2.53. The molecule has 0 aromatic heterocycles. The molecule has 12 nitrogen and oxygen atoms in total. The molecule has 3 aliphatic rings. The van der Waals surface area contributed by atoms with Gasteiger partial charge in [-0.2, -0.15) is 16.8 Å². The number of hydrogen-bond acceptors (Lipinski definition) is 9. The van der Waals surface area contributed by atoms with Gasteiger partial charge in [-0.15, -0.1) is 0 Å². The number of hydrogen-bond donors (Lipinski definition) is 5. The molecule has 0 saturated heterocycles. The van der Waals surface area contributed by atoms with Gasteiger partial charge in [-0.3, -0.25) is 13.9 Å². The third-order valence-corrected chi connectivity index (χ3v) is 12.4. The molecule has 0 saturated carbocycles. The quantitative estimate of drug-likeness (QED) is 0.0996. The number of anilines is 2. The fourth-order valence-electron chi connectivity index (χ4n) is 7.73. The highest BCUT2D eigenvalue weighted by Gasteiger charge is 2.47. The molecule has 6 rings (SSSR count). The van der Waals surface area contributed by atoms with E-state index in [9.17, 15) is 40.9 Å². The Labute approximate surface area is 309 Å².